The lowest BCUT2D eigenvalue weighted by molar-refractivity contribution is -0.384. The second-order valence-corrected chi connectivity index (χ2v) is 5.58. The summed E-state index contributed by atoms with van der Waals surface area (Å²) in [5.74, 6) is 0.975. The summed E-state index contributed by atoms with van der Waals surface area (Å²) in [5, 5.41) is 24.1. The largest absolute Gasteiger partial charge is 0.389 e. The van der Waals surface area contributed by atoms with Crippen LogP contribution in [0.3, 0.4) is 0 Å². The van der Waals surface area contributed by atoms with Gasteiger partial charge in [0, 0.05) is 19.6 Å². The quantitative estimate of drug-likeness (QED) is 0.565. The summed E-state index contributed by atoms with van der Waals surface area (Å²) in [6.45, 7) is 8.98. The Hall–Kier alpha value is -1.89. The van der Waals surface area contributed by atoms with Gasteiger partial charge in [-0.05, 0) is 27.2 Å². The zero-order valence-corrected chi connectivity index (χ0v) is 13.1. The second-order valence-electron chi connectivity index (χ2n) is 5.58. The van der Waals surface area contributed by atoms with Crippen molar-refractivity contribution in [2.75, 3.05) is 29.9 Å². The van der Waals surface area contributed by atoms with E-state index in [-0.39, 0.29) is 5.69 Å². The number of pyridine rings is 1. The Morgan fingerprint density at radius 1 is 1.43 bits per heavy atom. The van der Waals surface area contributed by atoms with Gasteiger partial charge in [0.2, 0.25) is 0 Å². The molecule has 0 aliphatic heterocycles. The van der Waals surface area contributed by atoms with E-state index in [4.69, 9.17) is 0 Å². The lowest BCUT2D eigenvalue weighted by Gasteiger charge is -2.29. The first kappa shape index (κ1) is 17.2. The molecule has 0 aliphatic rings. The number of nitro groups is 1. The number of anilines is 2. The SMILES string of the molecule is CCCNc1cc([N+](=O)[O-])cc(N(CC)CC(C)(C)O)n1. The van der Waals surface area contributed by atoms with Gasteiger partial charge in [-0.1, -0.05) is 6.92 Å². The van der Waals surface area contributed by atoms with Crippen LogP contribution in [0.4, 0.5) is 17.3 Å². The molecular weight excluding hydrogens is 272 g/mol. The van der Waals surface area contributed by atoms with E-state index in [9.17, 15) is 15.2 Å². The van der Waals surface area contributed by atoms with Crippen molar-refractivity contribution in [2.24, 2.45) is 0 Å². The minimum atomic E-state index is -0.903. The van der Waals surface area contributed by atoms with E-state index in [0.717, 1.165) is 6.42 Å². The van der Waals surface area contributed by atoms with Crippen molar-refractivity contribution in [2.45, 2.75) is 39.7 Å². The molecule has 0 spiro atoms. The van der Waals surface area contributed by atoms with Crippen LogP contribution in [0, 0.1) is 10.1 Å². The summed E-state index contributed by atoms with van der Waals surface area (Å²) in [6.07, 6.45) is 0.904. The Kier molecular flexibility index (Phi) is 5.90. The van der Waals surface area contributed by atoms with Crippen LogP contribution in [0.2, 0.25) is 0 Å². The standard InChI is InChI=1S/C14H24N4O3/c1-5-7-15-12-8-11(18(20)21)9-13(16-12)17(6-2)10-14(3,4)19/h8-9,19H,5-7,10H2,1-4H3,(H,15,16). The summed E-state index contributed by atoms with van der Waals surface area (Å²) in [5.41, 5.74) is -0.910. The molecule has 1 rings (SSSR count). The van der Waals surface area contributed by atoms with Crippen molar-refractivity contribution >= 4 is 17.3 Å². The molecule has 7 nitrogen and oxygen atoms in total. The van der Waals surface area contributed by atoms with Crippen molar-refractivity contribution in [1.29, 1.82) is 0 Å². The Morgan fingerprint density at radius 3 is 2.57 bits per heavy atom. The van der Waals surface area contributed by atoms with Crippen LogP contribution in [0.15, 0.2) is 12.1 Å². The molecule has 0 aromatic carbocycles. The molecule has 1 aromatic heterocycles. The van der Waals surface area contributed by atoms with Gasteiger partial charge < -0.3 is 15.3 Å². The van der Waals surface area contributed by atoms with Gasteiger partial charge in [-0.3, -0.25) is 10.1 Å². The highest BCUT2D eigenvalue weighted by molar-refractivity contribution is 5.56. The summed E-state index contributed by atoms with van der Waals surface area (Å²) in [4.78, 5) is 16.9. The number of aromatic nitrogens is 1. The molecular formula is C14H24N4O3. The first-order chi connectivity index (χ1) is 9.76. The summed E-state index contributed by atoms with van der Waals surface area (Å²) in [6, 6.07) is 2.86. The van der Waals surface area contributed by atoms with E-state index in [1.165, 1.54) is 12.1 Å². The highest BCUT2D eigenvalue weighted by Crippen LogP contribution is 2.24. The lowest BCUT2D eigenvalue weighted by Crippen LogP contribution is -2.39. The molecule has 0 fully saturated rings. The van der Waals surface area contributed by atoms with Gasteiger partial charge in [0.05, 0.1) is 22.7 Å². The number of hydrogen-bond donors (Lipinski definition) is 2. The zero-order chi connectivity index (χ0) is 16.0. The van der Waals surface area contributed by atoms with E-state index >= 15 is 0 Å². The van der Waals surface area contributed by atoms with Gasteiger partial charge in [-0.25, -0.2) is 4.98 Å². The number of aliphatic hydroxyl groups is 1. The van der Waals surface area contributed by atoms with E-state index in [0.29, 0.717) is 31.3 Å². The topological polar surface area (TPSA) is 91.5 Å². The first-order valence-electron chi connectivity index (χ1n) is 7.14. The average molecular weight is 296 g/mol. The lowest BCUT2D eigenvalue weighted by atomic mass is 10.1. The molecule has 0 saturated carbocycles. The molecule has 0 saturated heterocycles. The van der Waals surface area contributed by atoms with Crippen LogP contribution >= 0.6 is 0 Å². The molecule has 0 radical (unpaired) electrons. The number of hydrogen-bond acceptors (Lipinski definition) is 6. The van der Waals surface area contributed by atoms with Crippen LogP contribution in [-0.4, -0.2) is 40.2 Å². The van der Waals surface area contributed by atoms with Gasteiger partial charge >= 0.3 is 0 Å². The van der Waals surface area contributed by atoms with E-state index in [1.54, 1.807) is 13.8 Å². The summed E-state index contributed by atoms with van der Waals surface area (Å²) in [7, 11) is 0. The fraction of sp³-hybridized carbons (Fsp3) is 0.643. The Balaban J connectivity index is 3.13. The molecule has 2 N–H and O–H groups in total. The van der Waals surface area contributed by atoms with Crippen molar-refractivity contribution in [1.82, 2.24) is 4.98 Å². The third-order valence-electron chi connectivity index (χ3n) is 2.85. The van der Waals surface area contributed by atoms with E-state index in [2.05, 4.69) is 10.3 Å². The minimum Gasteiger partial charge on any atom is -0.389 e. The second kappa shape index (κ2) is 7.21. The summed E-state index contributed by atoms with van der Waals surface area (Å²) < 4.78 is 0. The molecule has 1 heterocycles. The number of nitrogens with one attached hydrogen (secondary N) is 1. The first-order valence-corrected chi connectivity index (χ1v) is 7.14. The molecule has 7 heteroatoms. The molecule has 0 aliphatic carbocycles. The number of nitrogens with zero attached hydrogens (tertiary/aromatic N) is 3. The van der Waals surface area contributed by atoms with Crippen LogP contribution in [0.25, 0.3) is 0 Å². The van der Waals surface area contributed by atoms with E-state index < -0.39 is 10.5 Å². The Labute approximate surface area is 125 Å². The number of rotatable bonds is 8. The highest BCUT2D eigenvalue weighted by atomic mass is 16.6. The molecule has 0 bridgehead atoms. The zero-order valence-electron chi connectivity index (χ0n) is 13.1. The smallest absolute Gasteiger partial charge is 0.276 e. The fourth-order valence-corrected chi connectivity index (χ4v) is 1.93. The number of likely N-dealkylation sites (N-methyl/N-ethyl adjacent to an activating group) is 1. The molecule has 0 amide bonds. The van der Waals surface area contributed by atoms with Crippen LogP contribution in [0.1, 0.15) is 34.1 Å². The minimum absolute atomic E-state index is 0.00667. The third-order valence-corrected chi connectivity index (χ3v) is 2.85. The molecule has 118 valence electrons. The predicted molar refractivity (Wildman–Crippen MR) is 83.9 cm³/mol. The summed E-state index contributed by atoms with van der Waals surface area (Å²) >= 11 is 0. The van der Waals surface area contributed by atoms with Crippen LogP contribution in [0.5, 0.6) is 0 Å². The fourth-order valence-electron chi connectivity index (χ4n) is 1.93. The third kappa shape index (κ3) is 5.55. The molecule has 1 aromatic rings. The van der Waals surface area contributed by atoms with E-state index in [1.807, 2.05) is 18.7 Å². The van der Waals surface area contributed by atoms with Gasteiger partial charge in [0.25, 0.3) is 5.69 Å². The van der Waals surface area contributed by atoms with Crippen molar-refractivity contribution < 1.29 is 10.0 Å². The van der Waals surface area contributed by atoms with Gasteiger partial charge in [-0.15, -0.1) is 0 Å². The van der Waals surface area contributed by atoms with Gasteiger partial charge in [0.1, 0.15) is 11.6 Å². The van der Waals surface area contributed by atoms with Crippen LogP contribution in [-0.2, 0) is 0 Å². The molecule has 0 atom stereocenters. The highest BCUT2D eigenvalue weighted by Gasteiger charge is 2.21. The molecule has 21 heavy (non-hydrogen) atoms. The van der Waals surface area contributed by atoms with Gasteiger partial charge in [-0.2, -0.15) is 0 Å². The predicted octanol–water partition coefficient (Wildman–Crippen LogP) is 2.41. The van der Waals surface area contributed by atoms with Crippen molar-refractivity contribution in [3.63, 3.8) is 0 Å². The molecule has 0 unspecified atom stereocenters. The monoisotopic (exact) mass is 296 g/mol. The maximum absolute atomic E-state index is 11.1. The maximum Gasteiger partial charge on any atom is 0.276 e. The Morgan fingerprint density at radius 2 is 2.10 bits per heavy atom. The van der Waals surface area contributed by atoms with Gasteiger partial charge in [0.15, 0.2) is 0 Å². The Bertz CT molecular complexity index is 486. The van der Waals surface area contributed by atoms with Crippen molar-refractivity contribution in [3.8, 4) is 0 Å². The maximum atomic E-state index is 11.1. The average Bonchev–Trinajstić information content (AvgIpc) is 2.41. The normalized spacial score (nSPS) is 11.3. The van der Waals surface area contributed by atoms with Crippen molar-refractivity contribution in [3.05, 3.63) is 22.2 Å². The van der Waals surface area contributed by atoms with Crippen LogP contribution < -0.4 is 10.2 Å².